The average Bonchev–Trinajstić information content (AvgIpc) is 2.38. The Hall–Kier alpha value is -2.15. The summed E-state index contributed by atoms with van der Waals surface area (Å²) < 4.78 is 0. The van der Waals surface area contributed by atoms with Gasteiger partial charge in [-0.3, -0.25) is 20.8 Å². The lowest BCUT2D eigenvalue weighted by Crippen LogP contribution is -2.25. The van der Waals surface area contributed by atoms with E-state index in [-0.39, 0.29) is 11.3 Å². The van der Waals surface area contributed by atoms with E-state index >= 15 is 0 Å². The van der Waals surface area contributed by atoms with Crippen molar-refractivity contribution in [3.05, 3.63) is 33.9 Å². The highest BCUT2D eigenvalue weighted by atomic mass is 16.6. The SMILES string of the molecule is CCCCNC(=O)c1cc(NN)ccc1[N+](=O)[O-]. The molecule has 0 aromatic heterocycles. The molecular weight excluding hydrogens is 236 g/mol. The molecule has 0 radical (unpaired) electrons. The number of benzene rings is 1. The van der Waals surface area contributed by atoms with Gasteiger partial charge in [-0.15, -0.1) is 0 Å². The van der Waals surface area contributed by atoms with Gasteiger partial charge in [0.1, 0.15) is 5.56 Å². The van der Waals surface area contributed by atoms with Gasteiger partial charge in [-0.2, -0.15) is 0 Å². The number of anilines is 1. The van der Waals surface area contributed by atoms with Crippen LogP contribution in [-0.4, -0.2) is 17.4 Å². The van der Waals surface area contributed by atoms with Crippen molar-refractivity contribution in [1.82, 2.24) is 5.32 Å². The van der Waals surface area contributed by atoms with Crippen molar-refractivity contribution in [2.45, 2.75) is 19.8 Å². The average molecular weight is 252 g/mol. The topological polar surface area (TPSA) is 110 Å². The summed E-state index contributed by atoms with van der Waals surface area (Å²) in [6.45, 7) is 2.49. The van der Waals surface area contributed by atoms with Crippen molar-refractivity contribution in [2.75, 3.05) is 12.0 Å². The smallest absolute Gasteiger partial charge is 0.282 e. The van der Waals surface area contributed by atoms with E-state index in [1.165, 1.54) is 18.2 Å². The van der Waals surface area contributed by atoms with Crippen molar-refractivity contribution >= 4 is 17.3 Å². The van der Waals surface area contributed by atoms with Crippen molar-refractivity contribution in [3.8, 4) is 0 Å². The summed E-state index contributed by atoms with van der Waals surface area (Å²) in [5.41, 5.74) is 2.57. The number of nitrogens with two attached hydrogens (primary N) is 1. The lowest BCUT2D eigenvalue weighted by Gasteiger charge is -2.07. The van der Waals surface area contributed by atoms with E-state index in [0.29, 0.717) is 12.2 Å². The number of carbonyl (C=O) groups excluding carboxylic acids is 1. The Morgan fingerprint density at radius 1 is 1.50 bits per heavy atom. The van der Waals surface area contributed by atoms with Crippen molar-refractivity contribution < 1.29 is 9.72 Å². The third-order valence-corrected chi connectivity index (χ3v) is 2.42. The quantitative estimate of drug-likeness (QED) is 0.307. The summed E-state index contributed by atoms with van der Waals surface area (Å²) in [6.07, 6.45) is 1.77. The number of hydrogen-bond acceptors (Lipinski definition) is 5. The lowest BCUT2D eigenvalue weighted by atomic mass is 10.1. The molecule has 18 heavy (non-hydrogen) atoms. The molecule has 1 aromatic carbocycles. The number of carbonyl (C=O) groups is 1. The highest BCUT2D eigenvalue weighted by Gasteiger charge is 2.20. The highest BCUT2D eigenvalue weighted by Crippen LogP contribution is 2.22. The number of nitro groups is 1. The number of unbranched alkanes of at least 4 members (excludes halogenated alkanes) is 1. The molecule has 0 bridgehead atoms. The molecule has 98 valence electrons. The number of nitrogen functional groups attached to an aromatic ring is 1. The molecule has 0 aliphatic rings. The molecule has 0 fully saturated rings. The normalized spacial score (nSPS) is 9.89. The summed E-state index contributed by atoms with van der Waals surface area (Å²) in [7, 11) is 0. The van der Waals surface area contributed by atoms with Crippen molar-refractivity contribution in [3.63, 3.8) is 0 Å². The Morgan fingerprint density at radius 2 is 2.22 bits per heavy atom. The van der Waals surface area contributed by atoms with Gasteiger partial charge >= 0.3 is 0 Å². The van der Waals surface area contributed by atoms with Gasteiger partial charge in [-0.25, -0.2) is 0 Å². The zero-order valence-corrected chi connectivity index (χ0v) is 10.1. The second-order valence-corrected chi connectivity index (χ2v) is 3.74. The second kappa shape index (κ2) is 6.55. The van der Waals surface area contributed by atoms with E-state index in [0.717, 1.165) is 12.8 Å². The van der Waals surface area contributed by atoms with E-state index in [4.69, 9.17) is 5.84 Å². The molecule has 0 spiro atoms. The lowest BCUT2D eigenvalue weighted by molar-refractivity contribution is -0.385. The van der Waals surface area contributed by atoms with E-state index in [1.807, 2.05) is 6.92 Å². The van der Waals surface area contributed by atoms with Crippen LogP contribution in [0.25, 0.3) is 0 Å². The number of hydrazine groups is 1. The molecule has 1 amide bonds. The van der Waals surface area contributed by atoms with Crippen LogP contribution in [0.3, 0.4) is 0 Å². The van der Waals surface area contributed by atoms with E-state index in [1.54, 1.807) is 0 Å². The fourth-order valence-corrected chi connectivity index (χ4v) is 1.44. The van der Waals surface area contributed by atoms with Crippen LogP contribution in [0.2, 0.25) is 0 Å². The van der Waals surface area contributed by atoms with Crippen LogP contribution in [0.4, 0.5) is 11.4 Å². The Kier molecular flexibility index (Phi) is 5.06. The van der Waals surface area contributed by atoms with Gasteiger partial charge in [-0.1, -0.05) is 13.3 Å². The number of rotatable bonds is 6. The molecular formula is C11H16N4O3. The second-order valence-electron chi connectivity index (χ2n) is 3.74. The van der Waals surface area contributed by atoms with E-state index < -0.39 is 10.8 Å². The first-order valence-electron chi connectivity index (χ1n) is 5.63. The van der Waals surface area contributed by atoms with Crippen molar-refractivity contribution in [1.29, 1.82) is 0 Å². The fourth-order valence-electron chi connectivity index (χ4n) is 1.44. The fraction of sp³-hybridized carbons (Fsp3) is 0.364. The van der Waals surface area contributed by atoms with Gasteiger partial charge < -0.3 is 10.7 Å². The van der Waals surface area contributed by atoms with Gasteiger partial charge in [-0.05, 0) is 18.6 Å². The van der Waals surface area contributed by atoms with Crippen LogP contribution < -0.4 is 16.6 Å². The summed E-state index contributed by atoms with van der Waals surface area (Å²) in [6, 6.07) is 4.06. The summed E-state index contributed by atoms with van der Waals surface area (Å²) in [5, 5.41) is 13.5. The molecule has 1 aromatic rings. The van der Waals surface area contributed by atoms with Gasteiger partial charge in [0.05, 0.1) is 4.92 Å². The van der Waals surface area contributed by atoms with Gasteiger partial charge in [0, 0.05) is 18.3 Å². The number of nitro benzene ring substituents is 1. The summed E-state index contributed by atoms with van der Waals surface area (Å²) >= 11 is 0. The van der Waals surface area contributed by atoms with Gasteiger partial charge in [0.25, 0.3) is 11.6 Å². The first-order chi connectivity index (χ1) is 8.60. The number of nitrogens with one attached hydrogen (secondary N) is 2. The minimum Gasteiger partial charge on any atom is -0.352 e. The molecule has 1 rings (SSSR count). The number of hydrogen-bond donors (Lipinski definition) is 3. The predicted octanol–water partition coefficient (Wildman–Crippen LogP) is 1.41. The zero-order chi connectivity index (χ0) is 13.5. The standard InChI is InChI=1S/C11H16N4O3/c1-2-3-6-13-11(16)9-7-8(14-12)4-5-10(9)15(17)18/h4-5,7,14H,2-3,6,12H2,1H3,(H,13,16). The Labute approximate surface area is 104 Å². The van der Waals surface area contributed by atoms with Crippen LogP contribution in [-0.2, 0) is 0 Å². The van der Waals surface area contributed by atoms with Gasteiger partial charge in [0.15, 0.2) is 0 Å². The number of nitrogens with zero attached hydrogens (tertiary/aromatic N) is 1. The molecule has 0 aliphatic carbocycles. The molecule has 0 unspecified atom stereocenters. The molecule has 0 aliphatic heterocycles. The third-order valence-electron chi connectivity index (χ3n) is 2.42. The minimum absolute atomic E-state index is 0.00607. The van der Waals surface area contributed by atoms with Crippen LogP contribution in [0.1, 0.15) is 30.1 Å². The maximum absolute atomic E-state index is 11.8. The van der Waals surface area contributed by atoms with Crippen molar-refractivity contribution in [2.24, 2.45) is 5.84 Å². The monoisotopic (exact) mass is 252 g/mol. The zero-order valence-electron chi connectivity index (χ0n) is 10.1. The Bertz CT molecular complexity index is 448. The summed E-state index contributed by atoms with van der Waals surface area (Å²) in [4.78, 5) is 22.1. The molecule has 0 saturated carbocycles. The maximum Gasteiger partial charge on any atom is 0.282 e. The van der Waals surface area contributed by atoms with Crippen LogP contribution >= 0.6 is 0 Å². The molecule has 7 heteroatoms. The first kappa shape index (κ1) is 13.9. The molecule has 4 N–H and O–H groups in total. The van der Waals surface area contributed by atoms with Crippen LogP contribution in [0.5, 0.6) is 0 Å². The van der Waals surface area contributed by atoms with Crippen LogP contribution in [0, 0.1) is 10.1 Å². The largest absolute Gasteiger partial charge is 0.352 e. The Balaban J connectivity index is 2.96. The van der Waals surface area contributed by atoms with E-state index in [9.17, 15) is 14.9 Å². The maximum atomic E-state index is 11.8. The van der Waals surface area contributed by atoms with E-state index in [2.05, 4.69) is 10.7 Å². The van der Waals surface area contributed by atoms with Gasteiger partial charge in [0.2, 0.25) is 0 Å². The summed E-state index contributed by atoms with van der Waals surface area (Å²) in [5.74, 6) is 4.75. The molecule has 0 atom stereocenters. The first-order valence-corrected chi connectivity index (χ1v) is 5.63. The molecule has 0 heterocycles. The molecule has 0 saturated heterocycles. The highest BCUT2D eigenvalue weighted by molar-refractivity contribution is 5.99. The molecule has 7 nitrogen and oxygen atoms in total. The van der Waals surface area contributed by atoms with Crippen LogP contribution in [0.15, 0.2) is 18.2 Å². The third kappa shape index (κ3) is 3.42. The minimum atomic E-state index is -0.588. The predicted molar refractivity (Wildman–Crippen MR) is 68.1 cm³/mol. The number of amides is 1. The Morgan fingerprint density at radius 3 is 2.78 bits per heavy atom.